The second-order valence-electron chi connectivity index (χ2n) is 4.93. The second kappa shape index (κ2) is 9.72. The molecule has 0 aliphatic rings. The van der Waals surface area contributed by atoms with Gasteiger partial charge >= 0.3 is 0 Å². The van der Waals surface area contributed by atoms with Crippen molar-refractivity contribution in [3.63, 3.8) is 0 Å². The quantitative estimate of drug-likeness (QED) is 0.668. The Morgan fingerprint density at radius 1 is 1.25 bits per heavy atom. The molecule has 0 spiro atoms. The van der Waals surface area contributed by atoms with Crippen molar-refractivity contribution >= 4 is 5.82 Å². The van der Waals surface area contributed by atoms with E-state index in [2.05, 4.69) is 43.1 Å². The first kappa shape index (κ1) is 16.9. The van der Waals surface area contributed by atoms with Crippen molar-refractivity contribution in [1.82, 2.24) is 10.3 Å². The first-order chi connectivity index (χ1) is 9.74. The average molecular weight is 279 g/mol. The molecule has 1 N–H and O–H groups in total. The number of methoxy groups -OCH3 is 1. The van der Waals surface area contributed by atoms with Crippen molar-refractivity contribution in [2.75, 3.05) is 38.3 Å². The number of nitrogens with one attached hydrogen (secondary N) is 1. The zero-order valence-corrected chi connectivity index (χ0v) is 13.4. The van der Waals surface area contributed by atoms with Crippen molar-refractivity contribution in [3.05, 3.63) is 23.4 Å². The number of pyridine rings is 1. The van der Waals surface area contributed by atoms with Gasteiger partial charge in [0.15, 0.2) is 0 Å². The van der Waals surface area contributed by atoms with Crippen LogP contribution in [0.4, 0.5) is 5.82 Å². The van der Waals surface area contributed by atoms with Gasteiger partial charge in [-0.15, -0.1) is 0 Å². The fourth-order valence-electron chi connectivity index (χ4n) is 2.12. The summed E-state index contributed by atoms with van der Waals surface area (Å²) in [5.41, 5.74) is 2.47. The van der Waals surface area contributed by atoms with E-state index in [4.69, 9.17) is 9.72 Å². The van der Waals surface area contributed by atoms with E-state index in [9.17, 15) is 0 Å². The molecular formula is C16H29N3O. The third-order valence-corrected chi connectivity index (χ3v) is 3.31. The normalized spacial score (nSPS) is 10.8. The van der Waals surface area contributed by atoms with E-state index < -0.39 is 0 Å². The highest BCUT2D eigenvalue weighted by Crippen LogP contribution is 2.16. The predicted octanol–water partition coefficient (Wildman–Crippen LogP) is 2.62. The van der Waals surface area contributed by atoms with E-state index in [0.29, 0.717) is 0 Å². The third-order valence-electron chi connectivity index (χ3n) is 3.31. The lowest BCUT2D eigenvalue weighted by molar-refractivity contribution is 0.205. The van der Waals surface area contributed by atoms with E-state index in [0.717, 1.165) is 57.1 Å². The van der Waals surface area contributed by atoms with Crippen molar-refractivity contribution in [2.24, 2.45) is 0 Å². The summed E-state index contributed by atoms with van der Waals surface area (Å²) in [7, 11) is 1.74. The molecule has 0 fully saturated rings. The molecule has 0 saturated carbocycles. The maximum Gasteiger partial charge on any atom is 0.129 e. The molecule has 4 nitrogen and oxygen atoms in total. The van der Waals surface area contributed by atoms with E-state index >= 15 is 0 Å². The Bertz CT molecular complexity index is 382. The summed E-state index contributed by atoms with van der Waals surface area (Å²) in [6, 6.07) is 4.40. The number of likely N-dealkylation sites (N-methyl/N-ethyl adjacent to an activating group) is 1. The molecule has 1 aromatic rings. The highest BCUT2D eigenvalue weighted by molar-refractivity contribution is 5.42. The summed E-state index contributed by atoms with van der Waals surface area (Å²) in [5.74, 6) is 1.07. The molecular weight excluding hydrogens is 250 g/mol. The predicted molar refractivity (Wildman–Crippen MR) is 85.4 cm³/mol. The number of nitrogens with zero attached hydrogens (tertiary/aromatic N) is 2. The number of ether oxygens (including phenoxy) is 1. The summed E-state index contributed by atoms with van der Waals surface area (Å²) in [5, 5.41) is 3.46. The zero-order valence-electron chi connectivity index (χ0n) is 13.4. The van der Waals surface area contributed by atoms with Gasteiger partial charge in [-0.25, -0.2) is 4.98 Å². The molecule has 0 amide bonds. The first-order valence-electron chi connectivity index (χ1n) is 7.69. The summed E-state index contributed by atoms with van der Waals surface area (Å²) in [6.45, 7) is 11.0. The van der Waals surface area contributed by atoms with Crippen LogP contribution in [-0.2, 0) is 17.7 Å². The fourth-order valence-corrected chi connectivity index (χ4v) is 2.12. The Hall–Kier alpha value is -1.13. The van der Waals surface area contributed by atoms with E-state index in [-0.39, 0.29) is 0 Å². The average Bonchev–Trinajstić information content (AvgIpc) is 2.48. The largest absolute Gasteiger partial charge is 0.383 e. The topological polar surface area (TPSA) is 37.4 Å². The Morgan fingerprint density at radius 3 is 2.65 bits per heavy atom. The van der Waals surface area contributed by atoms with Gasteiger partial charge in [-0.3, -0.25) is 0 Å². The number of anilines is 1. The number of aromatic nitrogens is 1. The molecule has 20 heavy (non-hydrogen) atoms. The van der Waals surface area contributed by atoms with Crippen molar-refractivity contribution in [2.45, 2.75) is 40.2 Å². The van der Waals surface area contributed by atoms with E-state index in [1.165, 1.54) is 5.56 Å². The van der Waals surface area contributed by atoms with Crippen LogP contribution in [0.15, 0.2) is 12.1 Å². The Balaban J connectivity index is 2.84. The molecule has 0 radical (unpaired) electrons. The molecule has 4 heteroatoms. The van der Waals surface area contributed by atoms with Crippen molar-refractivity contribution in [1.29, 1.82) is 0 Å². The maximum atomic E-state index is 5.18. The molecule has 1 rings (SSSR count). The lowest BCUT2D eigenvalue weighted by Gasteiger charge is -2.23. The van der Waals surface area contributed by atoms with Crippen molar-refractivity contribution in [3.8, 4) is 0 Å². The van der Waals surface area contributed by atoms with Crippen LogP contribution in [0.2, 0.25) is 0 Å². The maximum absolute atomic E-state index is 5.18. The SMILES string of the molecule is CCCNCc1cc(CC)nc(N(CC)CCOC)c1. The minimum Gasteiger partial charge on any atom is -0.383 e. The van der Waals surface area contributed by atoms with Gasteiger partial charge in [0, 0.05) is 32.4 Å². The second-order valence-corrected chi connectivity index (χ2v) is 4.93. The molecule has 0 saturated heterocycles. The van der Waals surface area contributed by atoms with Crippen LogP contribution in [0.25, 0.3) is 0 Å². The Kier molecular flexibility index (Phi) is 8.23. The van der Waals surface area contributed by atoms with Gasteiger partial charge in [-0.2, -0.15) is 0 Å². The summed E-state index contributed by atoms with van der Waals surface area (Å²) < 4.78 is 5.18. The molecule has 0 aliphatic heterocycles. The van der Waals surface area contributed by atoms with Crippen LogP contribution in [0.5, 0.6) is 0 Å². The molecule has 0 atom stereocenters. The highest BCUT2D eigenvalue weighted by atomic mass is 16.5. The highest BCUT2D eigenvalue weighted by Gasteiger charge is 2.08. The lowest BCUT2D eigenvalue weighted by atomic mass is 10.2. The van der Waals surface area contributed by atoms with Crippen LogP contribution in [0.3, 0.4) is 0 Å². The van der Waals surface area contributed by atoms with Gasteiger partial charge < -0.3 is 15.0 Å². The molecule has 1 aromatic heterocycles. The molecule has 0 aliphatic carbocycles. The fraction of sp³-hybridized carbons (Fsp3) is 0.688. The molecule has 0 bridgehead atoms. The van der Waals surface area contributed by atoms with E-state index in [1.807, 2.05) is 0 Å². The first-order valence-corrected chi connectivity index (χ1v) is 7.69. The number of hydrogen-bond donors (Lipinski definition) is 1. The minimum absolute atomic E-state index is 0.731. The minimum atomic E-state index is 0.731. The van der Waals surface area contributed by atoms with Crippen LogP contribution >= 0.6 is 0 Å². The number of aryl methyl sites for hydroxylation is 1. The van der Waals surface area contributed by atoms with E-state index in [1.54, 1.807) is 7.11 Å². The number of rotatable bonds is 10. The summed E-state index contributed by atoms with van der Waals surface area (Å²) >= 11 is 0. The van der Waals surface area contributed by atoms with Crippen LogP contribution < -0.4 is 10.2 Å². The molecule has 0 aromatic carbocycles. The van der Waals surface area contributed by atoms with Crippen LogP contribution in [0, 0.1) is 0 Å². The van der Waals surface area contributed by atoms with Gasteiger partial charge in [0.05, 0.1) is 6.61 Å². The van der Waals surface area contributed by atoms with Crippen LogP contribution in [-0.4, -0.2) is 38.3 Å². The summed E-state index contributed by atoms with van der Waals surface area (Å²) in [6.07, 6.45) is 2.13. The monoisotopic (exact) mass is 279 g/mol. The smallest absolute Gasteiger partial charge is 0.129 e. The lowest BCUT2D eigenvalue weighted by Crippen LogP contribution is -2.28. The van der Waals surface area contributed by atoms with Gasteiger partial charge in [0.2, 0.25) is 0 Å². The molecule has 0 unspecified atom stereocenters. The van der Waals surface area contributed by atoms with Crippen molar-refractivity contribution < 1.29 is 4.74 Å². The van der Waals surface area contributed by atoms with Gasteiger partial charge in [0.25, 0.3) is 0 Å². The molecule has 114 valence electrons. The van der Waals surface area contributed by atoms with Crippen LogP contribution in [0.1, 0.15) is 38.4 Å². The zero-order chi connectivity index (χ0) is 14.8. The Labute approximate surface area is 123 Å². The standard InChI is InChI=1S/C16H29N3O/c1-5-8-17-13-14-11-15(6-2)18-16(12-14)19(7-3)9-10-20-4/h11-12,17H,5-10,13H2,1-4H3. The molecule has 1 heterocycles. The van der Waals surface area contributed by atoms with Gasteiger partial charge in [0.1, 0.15) is 5.82 Å². The summed E-state index contributed by atoms with van der Waals surface area (Å²) in [4.78, 5) is 7.02. The number of hydrogen-bond acceptors (Lipinski definition) is 4. The third kappa shape index (κ3) is 5.47. The van der Waals surface area contributed by atoms with Gasteiger partial charge in [-0.05, 0) is 44.0 Å². The van der Waals surface area contributed by atoms with Gasteiger partial charge in [-0.1, -0.05) is 13.8 Å². The Morgan fingerprint density at radius 2 is 2.05 bits per heavy atom.